The molecule has 1 N–H and O–H groups in total. The second-order valence-electron chi connectivity index (χ2n) is 7.08. The molecule has 7 nitrogen and oxygen atoms in total. The maximum absolute atomic E-state index is 13.6. The summed E-state index contributed by atoms with van der Waals surface area (Å²) < 4.78 is 50.2. The summed E-state index contributed by atoms with van der Waals surface area (Å²) in [6.45, 7) is 0. The number of aryl methyl sites for hydroxylation is 2. The fourth-order valence-electron chi connectivity index (χ4n) is 3.30. The molecule has 0 saturated heterocycles. The Bertz CT molecular complexity index is 1480. The van der Waals surface area contributed by atoms with Gasteiger partial charge in [0.25, 0.3) is 10.0 Å². The van der Waals surface area contributed by atoms with Crippen LogP contribution in [0.1, 0.15) is 0 Å². The summed E-state index contributed by atoms with van der Waals surface area (Å²) in [5.74, 6) is 0.0453. The van der Waals surface area contributed by atoms with Crippen LogP contribution in [0.5, 0.6) is 5.75 Å². The number of benzene rings is 3. The molecule has 0 saturated carbocycles. The Morgan fingerprint density at radius 1 is 0.969 bits per heavy atom. The summed E-state index contributed by atoms with van der Waals surface area (Å²) in [5.41, 5.74) is 1.27. The molecule has 4 aromatic rings. The number of ether oxygens (including phenoxy) is 1. The van der Waals surface area contributed by atoms with E-state index >= 15 is 0 Å². The molecule has 0 unspecified atom stereocenters. The number of nitrogens with zero attached hydrogens (tertiary/aromatic N) is 2. The Kier molecular flexibility index (Phi) is 5.74. The van der Waals surface area contributed by atoms with E-state index < -0.39 is 15.8 Å². The van der Waals surface area contributed by atoms with Gasteiger partial charge in [-0.25, -0.2) is 17.6 Å². The zero-order chi connectivity index (χ0) is 23.0. The van der Waals surface area contributed by atoms with E-state index in [0.717, 1.165) is 11.0 Å². The number of imidazole rings is 1. The van der Waals surface area contributed by atoms with Crippen LogP contribution in [0.3, 0.4) is 0 Å². The molecule has 32 heavy (non-hydrogen) atoms. The summed E-state index contributed by atoms with van der Waals surface area (Å²) in [7, 11) is 0.784. The van der Waals surface area contributed by atoms with Crippen molar-refractivity contribution in [2.75, 3.05) is 11.8 Å². The van der Waals surface area contributed by atoms with E-state index in [1.54, 1.807) is 45.5 Å². The second kappa shape index (κ2) is 8.36. The molecule has 0 aliphatic heterocycles. The van der Waals surface area contributed by atoms with Crippen LogP contribution in [0.25, 0.3) is 11.0 Å². The standard InChI is InChI=1S/C22H20FN3O4S2/c1-25-19-12-18(24-32(28,29)17-6-4-5-14(23)11-17)21(13-20(19)26(2)22(25)27)31-16-9-7-15(30-3)8-10-16/h4-13,24H,1-3H3. The molecule has 1 heterocycles. The minimum absolute atomic E-state index is 0.194. The van der Waals surface area contributed by atoms with E-state index in [9.17, 15) is 17.6 Å². The summed E-state index contributed by atoms with van der Waals surface area (Å²) >= 11 is 1.33. The van der Waals surface area contributed by atoms with Crippen LogP contribution in [0.4, 0.5) is 10.1 Å². The molecule has 0 spiro atoms. The lowest BCUT2D eigenvalue weighted by atomic mass is 10.3. The number of nitrogens with one attached hydrogen (secondary N) is 1. The molecule has 0 bridgehead atoms. The fraction of sp³-hybridized carbons (Fsp3) is 0.136. The van der Waals surface area contributed by atoms with Crippen LogP contribution in [0, 0.1) is 5.82 Å². The van der Waals surface area contributed by atoms with Gasteiger partial charge in [0.1, 0.15) is 11.6 Å². The number of fused-ring (bicyclic) bond motifs is 1. The minimum atomic E-state index is -4.06. The summed E-state index contributed by atoms with van der Waals surface area (Å²) in [4.78, 5) is 13.6. The number of halogens is 1. The predicted molar refractivity (Wildman–Crippen MR) is 122 cm³/mol. The predicted octanol–water partition coefficient (Wildman–Crippen LogP) is 3.98. The third-order valence-electron chi connectivity index (χ3n) is 5.01. The highest BCUT2D eigenvalue weighted by Crippen LogP contribution is 2.37. The van der Waals surface area contributed by atoms with Gasteiger partial charge in [-0.3, -0.25) is 13.9 Å². The number of sulfonamides is 1. The van der Waals surface area contributed by atoms with Gasteiger partial charge >= 0.3 is 5.69 Å². The van der Waals surface area contributed by atoms with Crippen molar-refractivity contribution in [1.29, 1.82) is 0 Å². The van der Waals surface area contributed by atoms with Crippen molar-refractivity contribution in [1.82, 2.24) is 9.13 Å². The van der Waals surface area contributed by atoms with E-state index in [1.807, 2.05) is 12.1 Å². The molecule has 0 aliphatic carbocycles. The molecule has 1 aromatic heterocycles. The normalized spacial score (nSPS) is 11.6. The van der Waals surface area contributed by atoms with Gasteiger partial charge in [-0.1, -0.05) is 17.8 Å². The van der Waals surface area contributed by atoms with Crippen molar-refractivity contribution < 1.29 is 17.5 Å². The lowest BCUT2D eigenvalue weighted by Crippen LogP contribution is -2.19. The van der Waals surface area contributed by atoms with Gasteiger partial charge < -0.3 is 4.74 Å². The molecule has 0 fully saturated rings. The van der Waals surface area contributed by atoms with Crippen LogP contribution in [0.2, 0.25) is 0 Å². The van der Waals surface area contributed by atoms with Gasteiger partial charge in [0.05, 0.1) is 28.7 Å². The van der Waals surface area contributed by atoms with Crippen molar-refractivity contribution >= 4 is 38.5 Å². The molecule has 0 atom stereocenters. The first-order valence-electron chi connectivity index (χ1n) is 9.49. The molecule has 0 amide bonds. The lowest BCUT2D eigenvalue weighted by Gasteiger charge is -2.14. The molecule has 166 valence electrons. The van der Waals surface area contributed by atoms with Gasteiger partial charge in [-0.05, 0) is 54.6 Å². The zero-order valence-corrected chi connectivity index (χ0v) is 19.1. The highest BCUT2D eigenvalue weighted by atomic mass is 32.2. The minimum Gasteiger partial charge on any atom is -0.497 e. The maximum Gasteiger partial charge on any atom is 0.328 e. The van der Waals surface area contributed by atoms with E-state index in [0.29, 0.717) is 21.7 Å². The van der Waals surface area contributed by atoms with Crippen LogP contribution in [-0.2, 0) is 24.1 Å². The van der Waals surface area contributed by atoms with E-state index in [2.05, 4.69) is 4.72 Å². The van der Waals surface area contributed by atoms with Gasteiger partial charge in [-0.15, -0.1) is 0 Å². The Hall–Kier alpha value is -3.24. The monoisotopic (exact) mass is 473 g/mol. The van der Waals surface area contributed by atoms with Crippen LogP contribution in [-0.4, -0.2) is 24.7 Å². The summed E-state index contributed by atoms with van der Waals surface area (Å²) in [5, 5.41) is 0. The zero-order valence-electron chi connectivity index (χ0n) is 17.5. The first-order valence-corrected chi connectivity index (χ1v) is 11.8. The number of hydrogen-bond acceptors (Lipinski definition) is 5. The number of methoxy groups -OCH3 is 1. The van der Waals surface area contributed by atoms with Gasteiger partial charge in [0.2, 0.25) is 0 Å². The summed E-state index contributed by atoms with van der Waals surface area (Å²) in [6.07, 6.45) is 0. The third kappa shape index (κ3) is 4.11. The van der Waals surface area contributed by atoms with Crippen molar-refractivity contribution in [3.8, 4) is 5.75 Å². The maximum atomic E-state index is 13.6. The third-order valence-corrected chi connectivity index (χ3v) is 7.44. The van der Waals surface area contributed by atoms with E-state index in [4.69, 9.17) is 4.74 Å². The highest BCUT2D eigenvalue weighted by molar-refractivity contribution is 7.99. The topological polar surface area (TPSA) is 82.3 Å². The first-order chi connectivity index (χ1) is 15.2. The number of aromatic nitrogens is 2. The van der Waals surface area contributed by atoms with E-state index in [1.165, 1.54) is 39.1 Å². The Morgan fingerprint density at radius 3 is 2.25 bits per heavy atom. The fourth-order valence-corrected chi connectivity index (χ4v) is 5.38. The Morgan fingerprint density at radius 2 is 1.62 bits per heavy atom. The smallest absolute Gasteiger partial charge is 0.328 e. The average Bonchev–Trinajstić information content (AvgIpc) is 2.98. The summed E-state index contributed by atoms with van der Waals surface area (Å²) in [6, 6.07) is 15.5. The first kappa shape index (κ1) is 22.0. The van der Waals surface area contributed by atoms with Crippen molar-refractivity contribution in [3.63, 3.8) is 0 Å². The van der Waals surface area contributed by atoms with Crippen molar-refractivity contribution in [2.45, 2.75) is 14.7 Å². The van der Waals surface area contributed by atoms with Gasteiger partial charge in [0.15, 0.2) is 0 Å². The van der Waals surface area contributed by atoms with E-state index in [-0.39, 0.29) is 16.3 Å². The quantitative estimate of drug-likeness (QED) is 0.458. The van der Waals surface area contributed by atoms with Crippen LogP contribution in [0.15, 0.2) is 80.1 Å². The number of rotatable bonds is 6. The second-order valence-corrected chi connectivity index (χ2v) is 9.88. The molecule has 3 aromatic carbocycles. The Balaban J connectivity index is 1.84. The molecular formula is C22H20FN3O4S2. The van der Waals surface area contributed by atoms with Gasteiger partial charge in [0, 0.05) is 23.9 Å². The van der Waals surface area contributed by atoms with Crippen molar-refractivity contribution in [2.24, 2.45) is 14.1 Å². The van der Waals surface area contributed by atoms with Crippen molar-refractivity contribution in [3.05, 3.63) is 77.0 Å². The highest BCUT2D eigenvalue weighted by Gasteiger charge is 2.20. The van der Waals surface area contributed by atoms with Crippen LogP contribution >= 0.6 is 11.8 Å². The van der Waals surface area contributed by atoms with Crippen LogP contribution < -0.4 is 15.1 Å². The van der Waals surface area contributed by atoms with Gasteiger partial charge in [-0.2, -0.15) is 0 Å². The number of hydrogen-bond donors (Lipinski definition) is 1. The lowest BCUT2D eigenvalue weighted by molar-refractivity contribution is 0.414. The molecule has 0 aliphatic rings. The largest absolute Gasteiger partial charge is 0.497 e. The SMILES string of the molecule is COc1ccc(Sc2cc3c(cc2NS(=O)(=O)c2cccc(F)c2)n(C)c(=O)n3C)cc1. The average molecular weight is 474 g/mol. The molecule has 10 heteroatoms. The molecule has 0 radical (unpaired) electrons. The molecular weight excluding hydrogens is 453 g/mol. The molecule has 4 rings (SSSR count). The Labute approximate surface area is 188 Å². The number of anilines is 1.